The van der Waals surface area contributed by atoms with Gasteiger partial charge in [-0.3, -0.25) is 4.79 Å². The first-order chi connectivity index (χ1) is 16.0. The zero-order valence-corrected chi connectivity index (χ0v) is 19.0. The van der Waals surface area contributed by atoms with Gasteiger partial charge in [0.05, 0.1) is 21.3 Å². The number of hydrogen-bond acceptors (Lipinski definition) is 5. The van der Waals surface area contributed by atoms with Crippen LogP contribution >= 0.6 is 0 Å². The van der Waals surface area contributed by atoms with E-state index in [1.165, 1.54) is 19.2 Å². The quantitative estimate of drug-likeness (QED) is 0.465. The molecule has 0 radical (unpaired) electrons. The summed E-state index contributed by atoms with van der Waals surface area (Å²) in [5, 5.41) is 0. The van der Waals surface area contributed by atoms with Gasteiger partial charge in [0.1, 0.15) is 17.6 Å². The zero-order chi connectivity index (χ0) is 23.5. The summed E-state index contributed by atoms with van der Waals surface area (Å²) in [5.41, 5.74) is 2.53. The lowest BCUT2D eigenvalue weighted by molar-refractivity contribution is -0.165. The Morgan fingerprint density at radius 1 is 0.879 bits per heavy atom. The van der Waals surface area contributed by atoms with Gasteiger partial charge >= 0.3 is 0 Å². The van der Waals surface area contributed by atoms with Crippen LogP contribution in [0.15, 0.2) is 60.7 Å². The second-order valence-corrected chi connectivity index (χ2v) is 7.80. The number of ether oxygens (including phenoxy) is 4. The Hall–Kier alpha value is -3.74. The minimum absolute atomic E-state index is 0.152. The van der Waals surface area contributed by atoms with E-state index in [-0.39, 0.29) is 11.7 Å². The number of rotatable bonds is 8. The van der Waals surface area contributed by atoms with Crippen molar-refractivity contribution in [1.82, 2.24) is 4.90 Å². The summed E-state index contributed by atoms with van der Waals surface area (Å²) < 4.78 is 36.0. The Bertz CT molecular complexity index is 1120. The summed E-state index contributed by atoms with van der Waals surface area (Å²) in [5.74, 6) is 1.62. The van der Waals surface area contributed by atoms with Gasteiger partial charge in [-0.1, -0.05) is 30.3 Å². The minimum Gasteiger partial charge on any atom is -0.493 e. The fourth-order valence-corrected chi connectivity index (χ4v) is 4.05. The number of halogens is 1. The lowest BCUT2D eigenvalue weighted by Crippen LogP contribution is -2.60. The number of amides is 1. The third-order valence-corrected chi connectivity index (χ3v) is 5.79. The van der Waals surface area contributed by atoms with Gasteiger partial charge in [0.15, 0.2) is 11.5 Å². The number of benzene rings is 3. The predicted octanol–water partition coefficient (Wildman–Crippen LogP) is 4.69. The van der Waals surface area contributed by atoms with Crippen molar-refractivity contribution in [2.24, 2.45) is 0 Å². The van der Waals surface area contributed by atoms with Gasteiger partial charge in [-0.2, -0.15) is 0 Å². The van der Waals surface area contributed by atoms with Crippen molar-refractivity contribution < 1.29 is 28.1 Å². The van der Waals surface area contributed by atoms with Crippen molar-refractivity contribution in [2.75, 3.05) is 21.3 Å². The summed E-state index contributed by atoms with van der Waals surface area (Å²) in [6.45, 7) is 2.25. The zero-order valence-electron chi connectivity index (χ0n) is 19.0. The number of para-hydroxylation sites is 1. The summed E-state index contributed by atoms with van der Waals surface area (Å²) in [4.78, 5) is 14.9. The maximum absolute atomic E-state index is 13.4. The summed E-state index contributed by atoms with van der Waals surface area (Å²) in [6.07, 6.45) is -0.727. The molecule has 1 aliphatic heterocycles. The van der Waals surface area contributed by atoms with Crippen LogP contribution in [0.25, 0.3) is 0 Å². The molecule has 7 heteroatoms. The Morgan fingerprint density at radius 2 is 1.52 bits per heavy atom. The number of nitrogens with zero attached hydrogens (tertiary/aromatic N) is 1. The number of methoxy groups -OCH3 is 3. The largest absolute Gasteiger partial charge is 0.493 e. The highest BCUT2D eigenvalue weighted by molar-refractivity contribution is 5.89. The average molecular weight is 451 g/mol. The molecular weight excluding hydrogens is 425 g/mol. The average Bonchev–Trinajstić information content (AvgIpc) is 2.84. The Balaban J connectivity index is 1.73. The van der Waals surface area contributed by atoms with E-state index < -0.39 is 12.1 Å². The van der Waals surface area contributed by atoms with Gasteiger partial charge in [-0.25, -0.2) is 4.39 Å². The number of β-lactam (4-membered cyclic amide) rings is 1. The van der Waals surface area contributed by atoms with Crippen LogP contribution in [-0.2, 0) is 11.3 Å². The highest BCUT2D eigenvalue weighted by Gasteiger charge is 2.50. The van der Waals surface area contributed by atoms with E-state index in [1.807, 2.05) is 43.3 Å². The molecule has 0 aliphatic carbocycles. The van der Waals surface area contributed by atoms with E-state index in [1.54, 1.807) is 31.3 Å². The van der Waals surface area contributed by atoms with Crippen LogP contribution in [-0.4, -0.2) is 38.2 Å². The molecule has 0 N–H and O–H groups in total. The molecule has 3 aromatic rings. The van der Waals surface area contributed by atoms with Crippen molar-refractivity contribution in [3.8, 4) is 23.0 Å². The molecular formula is C26H26FNO5. The second-order valence-electron chi connectivity index (χ2n) is 7.80. The molecule has 4 rings (SSSR count). The van der Waals surface area contributed by atoms with Gasteiger partial charge in [0.25, 0.3) is 5.91 Å². The fraction of sp³-hybridized carbons (Fsp3) is 0.269. The molecule has 1 fully saturated rings. The van der Waals surface area contributed by atoms with E-state index in [0.29, 0.717) is 29.5 Å². The van der Waals surface area contributed by atoms with Crippen molar-refractivity contribution in [3.63, 3.8) is 0 Å². The van der Waals surface area contributed by atoms with Gasteiger partial charge in [-0.15, -0.1) is 0 Å². The molecule has 0 bridgehead atoms. The van der Waals surface area contributed by atoms with E-state index >= 15 is 0 Å². The molecule has 3 aromatic carbocycles. The Kier molecular flexibility index (Phi) is 6.40. The van der Waals surface area contributed by atoms with Crippen LogP contribution in [0.1, 0.15) is 22.7 Å². The first-order valence-corrected chi connectivity index (χ1v) is 10.5. The molecule has 1 amide bonds. The Labute approximate surface area is 192 Å². The molecule has 1 aliphatic rings. The summed E-state index contributed by atoms with van der Waals surface area (Å²) >= 11 is 0. The molecule has 0 aromatic heterocycles. The highest BCUT2D eigenvalue weighted by Crippen LogP contribution is 2.45. The van der Waals surface area contributed by atoms with E-state index in [4.69, 9.17) is 18.9 Å². The van der Waals surface area contributed by atoms with E-state index in [9.17, 15) is 9.18 Å². The van der Waals surface area contributed by atoms with Crippen LogP contribution in [0, 0.1) is 12.7 Å². The molecule has 0 unspecified atom stereocenters. The first-order valence-electron chi connectivity index (χ1n) is 10.5. The van der Waals surface area contributed by atoms with E-state index in [0.717, 1.165) is 16.7 Å². The monoisotopic (exact) mass is 451 g/mol. The first kappa shape index (κ1) is 22.5. The molecule has 33 heavy (non-hydrogen) atoms. The Morgan fingerprint density at radius 3 is 2.09 bits per heavy atom. The molecule has 0 spiro atoms. The third-order valence-electron chi connectivity index (χ3n) is 5.79. The normalized spacial score (nSPS) is 17.4. The van der Waals surface area contributed by atoms with Crippen LogP contribution in [0.3, 0.4) is 0 Å². The number of carbonyl (C=O) groups is 1. The van der Waals surface area contributed by atoms with Gasteiger partial charge in [0.2, 0.25) is 11.9 Å². The van der Waals surface area contributed by atoms with E-state index in [2.05, 4.69) is 0 Å². The number of hydrogen-bond donors (Lipinski definition) is 0. The van der Waals surface area contributed by atoms with Crippen molar-refractivity contribution in [2.45, 2.75) is 25.6 Å². The van der Waals surface area contributed by atoms with Gasteiger partial charge in [0, 0.05) is 6.54 Å². The number of aryl methyl sites for hydroxylation is 1. The fourth-order valence-electron chi connectivity index (χ4n) is 4.05. The molecule has 1 saturated heterocycles. The van der Waals surface area contributed by atoms with Gasteiger partial charge < -0.3 is 23.8 Å². The van der Waals surface area contributed by atoms with Crippen molar-refractivity contribution >= 4 is 5.91 Å². The molecule has 0 saturated carbocycles. The number of likely N-dealkylation sites (tertiary alicyclic amines) is 1. The second kappa shape index (κ2) is 9.40. The maximum atomic E-state index is 13.4. The molecule has 172 valence electrons. The smallest absolute Gasteiger partial charge is 0.267 e. The van der Waals surface area contributed by atoms with Crippen LogP contribution in [0.4, 0.5) is 4.39 Å². The molecule has 6 nitrogen and oxygen atoms in total. The maximum Gasteiger partial charge on any atom is 0.267 e. The highest BCUT2D eigenvalue weighted by atomic mass is 19.1. The SMILES string of the molecule is COc1cc([C@@H]2[C@H](Oc3ccccc3C)C(=O)N2Cc2ccc(F)cc2)cc(OC)c1OC. The van der Waals surface area contributed by atoms with Crippen molar-refractivity contribution in [1.29, 1.82) is 0 Å². The van der Waals surface area contributed by atoms with Crippen LogP contribution in [0.5, 0.6) is 23.0 Å². The predicted molar refractivity (Wildman–Crippen MR) is 121 cm³/mol. The standard InChI is InChI=1S/C26H26FNO5/c1-16-7-5-6-8-20(16)33-25-23(18-13-21(30-2)24(32-4)22(14-18)31-3)28(26(25)29)15-17-9-11-19(27)12-10-17/h5-14,23,25H,15H2,1-4H3/t23-,25+/m1/s1. The minimum atomic E-state index is -0.727. The lowest BCUT2D eigenvalue weighted by atomic mass is 9.89. The van der Waals surface area contributed by atoms with Crippen LogP contribution in [0.2, 0.25) is 0 Å². The third kappa shape index (κ3) is 4.31. The summed E-state index contributed by atoms with van der Waals surface area (Å²) in [6, 6.07) is 16.9. The molecule has 1 heterocycles. The van der Waals surface area contributed by atoms with Crippen molar-refractivity contribution in [3.05, 3.63) is 83.2 Å². The topological polar surface area (TPSA) is 57.2 Å². The number of carbonyl (C=O) groups excluding carboxylic acids is 1. The lowest BCUT2D eigenvalue weighted by Gasteiger charge is -2.47. The van der Waals surface area contributed by atoms with Crippen LogP contribution < -0.4 is 18.9 Å². The van der Waals surface area contributed by atoms with Gasteiger partial charge in [-0.05, 0) is 53.9 Å². The summed E-state index contributed by atoms with van der Waals surface area (Å²) in [7, 11) is 4.63. The molecule has 2 atom stereocenters.